The molecule has 1 aliphatic heterocycles. The van der Waals surface area contributed by atoms with Crippen LogP contribution < -0.4 is 0 Å². The Hall–Kier alpha value is -1.45. The van der Waals surface area contributed by atoms with Gasteiger partial charge in [-0.05, 0) is 19.3 Å². The Labute approximate surface area is 115 Å². The summed E-state index contributed by atoms with van der Waals surface area (Å²) in [5, 5.41) is 0. The molecule has 0 bridgehead atoms. The predicted molar refractivity (Wildman–Crippen MR) is 76.9 cm³/mol. The molecule has 0 aromatic heterocycles. The minimum absolute atomic E-state index is 0.0420. The summed E-state index contributed by atoms with van der Waals surface area (Å²) in [7, 11) is 0. The van der Waals surface area contributed by atoms with E-state index in [0.29, 0.717) is 38.1 Å². The lowest BCUT2D eigenvalue weighted by Crippen LogP contribution is -2.40. The van der Waals surface area contributed by atoms with E-state index in [1.807, 2.05) is 6.92 Å². The zero-order valence-corrected chi connectivity index (χ0v) is 12.2. The molecule has 1 aliphatic rings. The third-order valence-electron chi connectivity index (χ3n) is 3.39. The van der Waals surface area contributed by atoms with E-state index in [1.54, 1.807) is 6.21 Å². The van der Waals surface area contributed by atoms with E-state index in [2.05, 4.69) is 24.9 Å². The molecule has 0 N–H and O–H groups in total. The van der Waals surface area contributed by atoms with E-state index < -0.39 is 0 Å². The molecule has 19 heavy (non-hydrogen) atoms. The van der Waals surface area contributed by atoms with Gasteiger partial charge in [-0.1, -0.05) is 26.3 Å². The average molecular weight is 264 g/mol. The fourth-order valence-electron chi connectivity index (χ4n) is 2.08. The molecule has 0 aliphatic carbocycles. The topological polar surface area (TPSA) is 49.7 Å². The summed E-state index contributed by atoms with van der Waals surface area (Å²) in [6.07, 6.45) is 7.26. The largest absolute Gasteiger partial charge is 0.282 e. The molecule has 0 aromatic rings. The summed E-state index contributed by atoms with van der Waals surface area (Å²) in [6, 6.07) is 0. The van der Waals surface area contributed by atoms with E-state index in [9.17, 15) is 9.59 Å². The molecule has 106 valence electrons. The van der Waals surface area contributed by atoms with Crippen LogP contribution >= 0.6 is 0 Å². The molecule has 4 heteroatoms. The SMILES string of the molecule is C/C=N\C(=C/C(C)CC)CCN1C(=O)CCCC1=O. The lowest BCUT2D eigenvalue weighted by molar-refractivity contribution is -0.147. The van der Waals surface area contributed by atoms with Gasteiger partial charge in [-0.25, -0.2) is 0 Å². The summed E-state index contributed by atoms with van der Waals surface area (Å²) in [6.45, 7) is 6.60. The first-order valence-corrected chi connectivity index (χ1v) is 7.11. The van der Waals surface area contributed by atoms with Crippen LogP contribution in [0.2, 0.25) is 0 Å². The monoisotopic (exact) mass is 264 g/mol. The molecule has 1 unspecified atom stereocenters. The third kappa shape index (κ3) is 4.97. The van der Waals surface area contributed by atoms with Crippen LogP contribution in [0, 0.1) is 5.92 Å². The van der Waals surface area contributed by atoms with Gasteiger partial charge in [0, 0.05) is 37.7 Å². The maximum Gasteiger partial charge on any atom is 0.229 e. The maximum atomic E-state index is 11.7. The highest BCUT2D eigenvalue weighted by Crippen LogP contribution is 2.16. The van der Waals surface area contributed by atoms with Gasteiger partial charge in [0.2, 0.25) is 11.8 Å². The molecule has 0 radical (unpaired) electrons. The Morgan fingerprint density at radius 2 is 2.00 bits per heavy atom. The van der Waals surface area contributed by atoms with Gasteiger partial charge in [0.1, 0.15) is 0 Å². The van der Waals surface area contributed by atoms with Crippen LogP contribution in [0.4, 0.5) is 0 Å². The van der Waals surface area contributed by atoms with Crippen LogP contribution in [-0.4, -0.2) is 29.5 Å². The van der Waals surface area contributed by atoms with Gasteiger partial charge in [-0.3, -0.25) is 19.5 Å². The molecule has 0 spiro atoms. The molecule has 1 heterocycles. The van der Waals surface area contributed by atoms with E-state index >= 15 is 0 Å². The molecule has 0 saturated carbocycles. The summed E-state index contributed by atoms with van der Waals surface area (Å²) >= 11 is 0. The first-order chi connectivity index (χ1) is 9.08. The van der Waals surface area contributed by atoms with Gasteiger partial charge < -0.3 is 0 Å². The standard InChI is InChI=1S/C15H24N2O2/c1-4-12(3)11-13(16-5-2)9-10-17-14(18)7-6-8-15(17)19/h5,11-12H,4,6-10H2,1-3H3/b13-11-,16-5-. The highest BCUT2D eigenvalue weighted by Gasteiger charge is 2.25. The van der Waals surface area contributed by atoms with Gasteiger partial charge in [-0.15, -0.1) is 0 Å². The fraction of sp³-hybridized carbons (Fsp3) is 0.667. The molecule has 4 nitrogen and oxygen atoms in total. The number of amides is 2. The number of imide groups is 1. The van der Waals surface area contributed by atoms with Crippen LogP contribution in [0.3, 0.4) is 0 Å². The normalized spacial score (nSPS) is 19.3. The van der Waals surface area contributed by atoms with Crippen molar-refractivity contribution in [2.45, 2.75) is 52.9 Å². The second-order valence-corrected chi connectivity index (χ2v) is 4.97. The zero-order valence-electron chi connectivity index (χ0n) is 12.2. The van der Waals surface area contributed by atoms with Gasteiger partial charge in [-0.2, -0.15) is 0 Å². The van der Waals surface area contributed by atoms with Crippen LogP contribution in [0.5, 0.6) is 0 Å². The van der Waals surface area contributed by atoms with E-state index in [1.165, 1.54) is 4.90 Å². The average Bonchev–Trinajstić information content (AvgIpc) is 2.38. The zero-order chi connectivity index (χ0) is 14.3. The molecular weight excluding hydrogens is 240 g/mol. The number of hydrogen-bond acceptors (Lipinski definition) is 3. The number of carbonyl (C=O) groups excluding carboxylic acids is 2. The maximum absolute atomic E-state index is 11.7. The van der Waals surface area contributed by atoms with Crippen LogP contribution in [0.25, 0.3) is 0 Å². The number of hydrogen-bond donors (Lipinski definition) is 0. The quantitative estimate of drug-likeness (QED) is 0.547. The lowest BCUT2D eigenvalue weighted by Gasteiger charge is -2.24. The number of rotatable bonds is 6. The van der Waals surface area contributed by atoms with Crippen molar-refractivity contribution in [3.05, 3.63) is 11.8 Å². The van der Waals surface area contributed by atoms with E-state index in [4.69, 9.17) is 0 Å². The van der Waals surface area contributed by atoms with Crippen molar-refractivity contribution in [1.82, 2.24) is 4.90 Å². The molecule has 1 rings (SSSR count). The van der Waals surface area contributed by atoms with E-state index in [-0.39, 0.29) is 11.8 Å². The molecule has 1 fully saturated rings. The third-order valence-corrected chi connectivity index (χ3v) is 3.39. The minimum Gasteiger partial charge on any atom is -0.282 e. The molecule has 1 saturated heterocycles. The van der Waals surface area contributed by atoms with Gasteiger partial charge in [0.05, 0.1) is 0 Å². The van der Waals surface area contributed by atoms with Crippen molar-refractivity contribution in [3.63, 3.8) is 0 Å². The summed E-state index contributed by atoms with van der Waals surface area (Å²) in [4.78, 5) is 29.1. The smallest absolute Gasteiger partial charge is 0.229 e. The Bertz CT molecular complexity index is 370. The summed E-state index contributed by atoms with van der Waals surface area (Å²) in [5.41, 5.74) is 0.961. The first-order valence-electron chi connectivity index (χ1n) is 7.11. The highest BCUT2D eigenvalue weighted by atomic mass is 16.2. The van der Waals surface area contributed by atoms with Gasteiger partial charge in [0.15, 0.2) is 0 Å². The second-order valence-electron chi connectivity index (χ2n) is 4.97. The highest BCUT2D eigenvalue weighted by molar-refractivity contribution is 5.97. The summed E-state index contributed by atoms with van der Waals surface area (Å²) < 4.78 is 0. The summed E-state index contributed by atoms with van der Waals surface area (Å²) in [5.74, 6) is 0.380. The van der Waals surface area contributed by atoms with Crippen molar-refractivity contribution in [2.24, 2.45) is 10.9 Å². The Balaban J connectivity index is 2.63. The minimum atomic E-state index is -0.0420. The predicted octanol–water partition coefficient (Wildman–Crippen LogP) is 2.94. The molecule has 0 aromatic carbocycles. The molecular formula is C15H24N2O2. The van der Waals surface area contributed by atoms with Crippen molar-refractivity contribution >= 4 is 18.0 Å². The van der Waals surface area contributed by atoms with Crippen LogP contribution in [0.1, 0.15) is 52.9 Å². The number of aliphatic imine (C=N–C) groups is 1. The second kappa shape index (κ2) is 7.87. The van der Waals surface area contributed by atoms with Crippen LogP contribution in [-0.2, 0) is 9.59 Å². The Morgan fingerprint density at radius 3 is 2.53 bits per heavy atom. The van der Waals surface area contributed by atoms with Crippen molar-refractivity contribution in [1.29, 1.82) is 0 Å². The Kier molecular flexibility index (Phi) is 6.46. The number of likely N-dealkylation sites (tertiary alicyclic amines) is 1. The number of piperidine rings is 1. The fourth-order valence-corrected chi connectivity index (χ4v) is 2.08. The van der Waals surface area contributed by atoms with Gasteiger partial charge in [0.25, 0.3) is 0 Å². The van der Waals surface area contributed by atoms with Gasteiger partial charge >= 0.3 is 0 Å². The lowest BCUT2D eigenvalue weighted by atomic mass is 10.1. The van der Waals surface area contributed by atoms with Crippen molar-refractivity contribution < 1.29 is 9.59 Å². The number of allylic oxidation sites excluding steroid dienone is 1. The Morgan fingerprint density at radius 1 is 1.37 bits per heavy atom. The van der Waals surface area contributed by atoms with Crippen molar-refractivity contribution in [3.8, 4) is 0 Å². The molecule has 1 atom stereocenters. The number of carbonyl (C=O) groups is 2. The van der Waals surface area contributed by atoms with Crippen molar-refractivity contribution in [2.75, 3.05) is 6.54 Å². The first kappa shape index (κ1) is 15.6. The van der Waals surface area contributed by atoms with E-state index in [0.717, 1.165) is 12.1 Å². The molecule has 2 amide bonds. The number of nitrogens with zero attached hydrogens (tertiary/aromatic N) is 2. The van der Waals surface area contributed by atoms with Crippen LogP contribution in [0.15, 0.2) is 16.8 Å².